The van der Waals surface area contributed by atoms with Crippen LogP contribution in [0.5, 0.6) is 0 Å². The number of aromatic amines is 1. The van der Waals surface area contributed by atoms with Crippen LogP contribution in [0.3, 0.4) is 0 Å². The summed E-state index contributed by atoms with van der Waals surface area (Å²) in [6.07, 6.45) is 4.81. The number of amides is 1. The van der Waals surface area contributed by atoms with E-state index in [2.05, 4.69) is 44.7 Å². The van der Waals surface area contributed by atoms with Gasteiger partial charge in [0.2, 0.25) is 0 Å². The summed E-state index contributed by atoms with van der Waals surface area (Å²) in [6, 6.07) is 17.3. The second-order valence-corrected chi connectivity index (χ2v) is 7.74. The predicted octanol–water partition coefficient (Wildman–Crippen LogP) is 3.59. The van der Waals surface area contributed by atoms with Gasteiger partial charge in [0, 0.05) is 24.0 Å². The molecule has 2 N–H and O–H groups in total. The fraction of sp³-hybridized carbons (Fsp3) is 0.364. The van der Waals surface area contributed by atoms with Crippen molar-refractivity contribution in [2.75, 3.05) is 13.1 Å². The maximum Gasteiger partial charge on any atom is 0.272 e. The molecule has 0 bridgehead atoms. The fourth-order valence-corrected chi connectivity index (χ4v) is 4.40. The molecule has 5 heteroatoms. The highest BCUT2D eigenvalue weighted by atomic mass is 16.2. The van der Waals surface area contributed by atoms with Gasteiger partial charge in [-0.3, -0.25) is 14.8 Å². The van der Waals surface area contributed by atoms with E-state index in [9.17, 15) is 4.79 Å². The highest BCUT2D eigenvalue weighted by Crippen LogP contribution is 2.28. The van der Waals surface area contributed by atoms with Crippen LogP contribution >= 0.6 is 0 Å². The second-order valence-electron chi connectivity index (χ2n) is 7.74. The number of hydrogen-bond acceptors (Lipinski definition) is 3. The van der Waals surface area contributed by atoms with Crippen LogP contribution in [0.2, 0.25) is 0 Å². The highest BCUT2D eigenvalue weighted by Gasteiger charge is 2.33. The topological polar surface area (TPSA) is 61.0 Å². The molecule has 3 heterocycles. The molecule has 27 heavy (non-hydrogen) atoms. The third-order valence-corrected chi connectivity index (χ3v) is 6.03. The van der Waals surface area contributed by atoms with Crippen LogP contribution in [0, 0.1) is 0 Å². The van der Waals surface area contributed by atoms with Gasteiger partial charge in [-0.1, -0.05) is 36.4 Å². The molecule has 1 aromatic heterocycles. The molecule has 1 unspecified atom stereocenters. The van der Waals surface area contributed by atoms with Crippen LogP contribution in [0.25, 0.3) is 22.0 Å². The van der Waals surface area contributed by atoms with E-state index in [1.54, 1.807) is 0 Å². The number of aromatic nitrogens is 2. The van der Waals surface area contributed by atoms with Crippen molar-refractivity contribution < 1.29 is 4.79 Å². The number of rotatable bonds is 3. The van der Waals surface area contributed by atoms with E-state index < -0.39 is 0 Å². The first-order valence-corrected chi connectivity index (χ1v) is 9.86. The van der Waals surface area contributed by atoms with Crippen molar-refractivity contribution in [3.05, 3.63) is 54.2 Å². The molecule has 2 saturated heterocycles. The number of benzene rings is 2. The summed E-state index contributed by atoms with van der Waals surface area (Å²) >= 11 is 0. The summed E-state index contributed by atoms with van der Waals surface area (Å²) in [6.45, 7) is 2.14. The lowest BCUT2D eigenvalue weighted by Gasteiger charge is -2.40. The Bertz CT molecular complexity index is 965. The zero-order chi connectivity index (χ0) is 18.2. The molecule has 2 fully saturated rings. The lowest BCUT2D eigenvalue weighted by Crippen LogP contribution is -2.52. The molecule has 5 nitrogen and oxygen atoms in total. The minimum absolute atomic E-state index is 0.0737. The summed E-state index contributed by atoms with van der Waals surface area (Å²) < 4.78 is 0. The minimum atomic E-state index is -0.0737. The number of carbonyl (C=O) groups is 1. The van der Waals surface area contributed by atoms with Gasteiger partial charge in [0.1, 0.15) is 0 Å². The van der Waals surface area contributed by atoms with Gasteiger partial charge >= 0.3 is 0 Å². The average molecular weight is 360 g/mol. The first-order valence-electron chi connectivity index (χ1n) is 9.86. The van der Waals surface area contributed by atoms with Gasteiger partial charge in [-0.2, -0.15) is 5.10 Å². The van der Waals surface area contributed by atoms with Crippen LogP contribution in [-0.4, -0.2) is 46.2 Å². The van der Waals surface area contributed by atoms with Gasteiger partial charge in [0.15, 0.2) is 5.69 Å². The summed E-state index contributed by atoms with van der Waals surface area (Å²) in [4.78, 5) is 15.5. The van der Waals surface area contributed by atoms with E-state index in [0.29, 0.717) is 5.69 Å². The molecule has 2 aliphatic heterocycles. The lowest BCUT2D eigenvalue weighted by molar-refractivity contribution is 0.0787. The monoisotopic (exact) mass is 360 g/mol. The molecular weight excluding hydrogens is 336 g/mol. The molecule has 1 amide bonds. The number of nitrogens with zero attached hydrogens (tertiary/aromatic N) is 2. The van der Waals surface area contributed by atoms with Gasteiger partial charge < -0.3 is 5.32 Å². The standard InChI is InChI=1S/C22H24N4O/c27-22(23-17-7-4-8-18-11-12-26(18)14-17)21-19-13-16(9-10-20(19)24-25-21)15-5-2-1-3-6-15/h1-3,5-6,9-10,13,17-18H,4,7-8,11-12,14H2,(H,23,27)(H,24,25)/t17-,18?/m0/s1. The van der Waals surface area contributed by atoms with Gasteiger partial charge in [-0.15, -0.1) is 0 Å². The Hall–Kier alpha value is -2.66. The lowest BCUT2D eigenvalue weighted by atomic mass is 10.00. The highest BCUT2D eigenvalue weighted by molar-refractivity contribution is 6.05. The van der Waals surface area contributed by atoms with Gasteiger partial charge in [0.05, 0.1) is 5.52 Å². The Kier molecular flexibility index (Phi) is 4.17. The summed E-state index contributed by atoms with van der Waals surface area (Å²) in [5.74, 6) is -0.0737. The van der Waals surface area contributed by atoms with Crippen LogP contribution in [0.4, 0.5) is 0 Å². The number of H-pyrrole nitrogens is 1. The van der Waals surface area contributed by atoms with Gasteiger partial charge in [0.25, 0.3) is 5.91 Å². The third-order valence-electron chi connectivity index (χ3n) is 6.03. The molecule has 5 rings (SSSR count). The quantitative estimate of drug-likeness (QED) is 0.750. The van der Waals surface area contributed by atoms with Gasteiger partial charge in [-0.05, 0) is 55.5 Å². The molecule has 0 aliphatic carbocycles. The molecule has 138 valence electrons. The number of carbonyl (C=O) groups excluding carboxylic acids is 1. The van der Waals surface area contributed by atoms with Crippen molar-refractivity contribution in [3.63, 3.8) is 0 Å². The predicted molar refractivity (Wildman–Crippen MR) is 107 cm³/mol. The Morgan fingerprint density at radius 2 is 1.96 bits per heavy atom. The third kappa shape index (κ3) is 3.12. The largest absolute Gasteiger partial charge is 0.347 e. The van der Waals surface area contributed by atoms with Crippen LogP contribution in [0.15, 0.2) is 48.5 Å². The summed E-state index contributed by atoms with van der Waals surface area (Å²) in [7, 11) is 0. The van der Waals surface area contributed by atoms with E-state index >= 15 is 0 Å². The van der Waals surface area contributed by atoms with Crippen molar-refractivity contribution in [3.8, 4) is 11.1 Å². The number of nitrogens with one attached hydrogen (secondary N) is 2. The second kappa shape index (κ2) is 6.82. The van der Waals surface area contributed by atoms with Crippen molar-refractivity contribution in [1.29, 1.82) is 0 Å². The van der Waals surface area contributed by atoms with E-state index in [1.807, 2.05) is 24.3 Å². The molecule has 3 aromatic rings. The van der Waals surface area contributed by atoms with E-state index in [4.69, 9.17) is 0 Å². The van der Waals surface area contributed by atoms with E-state index in [-0.39, 0.29) is 11.9 Å². The van der Waals surface area contributed by atoms with Crippen LogP contribution in [0.1, 0.15) is 36.2 Å². The molecule has 0 radical (unpaired) electrons. The molecule has 2 aliphatic rings. The first kappa shape index (κ1) is 16.5. The maximum atomic E-state index is 12.9. The first-order chi connectivity index (χ1) is 13.3. The van der Waals surface area contributed by atoms with Crippen molar-refractivity contribution in [1.82, 2.24) is 20.4 Å². The van der Waals surface area contributed by atoms with Crippen LogP contribution < -0.4 is 5.32 Å². The molecule has 2 atom stereocenters. The maximum absolute atomic E-state index is 12.9. The van der Waals surface area contributed by atoms with E-state index in [0.717, 1.165) is 41.0 Å². The molecule has 0 spiro atoms. The SMILES string of the molecule is O=C(N[C@H]1CCCC2CCN2C1)c1n[nH]c2ccc(-c3ccccc3)cc12. The Balaban J connectivity index is 1.39. The number of hydrogen-bond donors (Lipinski definition) is 2. The normalized spacial score (nSPS) is 22.7. The zero-order valence-electron chi connectivity index (χ0n) is 15.3. The molecule has 2 aromatic carbocycles. The number of fused-ring (bicyclic) bond motifs is 2. The Morgan fingerprint density at radius 1 is 1.07 bits per heavy atom. The van der Waals surface area contributed by atoms with Gasteiger partial charge in [-0.25, -0.2) is 0 Å². The Labute approximate surface area is 158 Å². The fourth-order valence-electron chi connectivity index (χ4n) is 4.40. The Morgan fingerprint density at radius 3 is 2.78 bits per heavy atom. The average Bonchev–Trinajstić information content (AvgIpc) is 3.06. The van der Waals surface area contributed by atoms with Crippen molar-refractivity contribution >= 4 is 16.8 Å². The summed E-state index contributed by atoms with van der Waals surface area (Å²) in [5.41, 5.74) is 3.62. The van der Waals surface area contributed by atoms with Crippen molar-refractivity contribution in [2.24, 2.45) is 0 Å². The van der Waals surface area contributed by atoms with Crippen LogP contribution in [-0.2, 0) is 0 Å². The molecule has 0 saturated carbocycles. The smallest absolute Gasteiger partial charge is 0.272 e. The summed E-state index contributed by atoms with van der Waals surface area (Å²) in [5, 5.41) is 11.4. The molecular formula is C22H24N4O. The zero-order valence-corrected chi connectivity index (χ0v) is 15.3. The van der Waals surface area contributed by atoms with Crippen molar-refractivity contribution in [2.45, 2.75) is 37.8 Å². The van der Waals surface area contributed by atoms with E-state index in [1.165, 1.54) is 25.8 Å². The minimum Gasteiger partial charge on any atom is -0.347 e.